The second-order valence-corrected chi connectivity index (χ2v) is 4.38. The lowest BCUT2D eigenvalue weighted by atomic mass is 10.2. The van der Waals surface area contributed by atoms with Crippen molar-refractivity contribution in [1.29, 1.82) is 0 Å². The molecule has 98 valence electrons. The topological polar surface area (TPSA) is 58.6 Å². The summed E-state index contributed by atoms with van der Waals surface area (Å²) in [6, 6.07) is -0.0419. The highest BCUT2D eigenvalue weighted by Gasteiger charge is 2.25. The SMILES string of the molecule is CCCCOCCN1C(=O)CNC(=O)CC1C. The molecular weight excluding hydrogens is 220 g/mol. The molecule has 0 bridgehead atoms. The van der Waals surface area contributed by atoms with Gasteiger partial charge in [0.2, 0.25) is 11.8 Å². The van der Waals surface area contributed by atoms with Crippen LogP contribution >= 0.6 is 0 Å². The van der Waals surface area contributed by atoms with Crippen LogP contribution in [0.1, 0.15) is 33.1 Å². The van der Waals surface area contributed by atoms with Gasteiger partial charge in [-0.15, -0.1) is 0 Å². The van der Waals surface area contributed by atoms with Gasteiger partial charge in [0.15, 0.2) is 0 Å². The van der Waals surface area contributed by atoms with Gasteiger partial charge >= 0.3 is 0 Å². The number of nitrogens with zero attached hydrogens (tertiary/aromatic N) is 1. The van der Waals surface area contributed by atoms with Crippen molar-refractivity contribution >= 4 is 11.8 Å². The third kappa shape index (κ3) is 4.73. The Hall–Kier alpha value is -1.10. The smallest absolute Gasteiger partial charge is 0.242 e. The van der Waals surface area contributed by atoms with E-state index in [4.69, 9.17) is 4.74 Å². The van der Waals surface area contributed by atoms with Gasteiger partial charge in [-0.3, -0.25) is 9.59 Å². The molecule has 1 saturated heterocycles. The number of ether oxygens (including phenoxy) is 1. The lowest BCUT2D eigenvalue weighted by Gasteiger charge is -2.26. The summed E-state index contributed by atoms with van der Waals surface area (Å²) in [4.78, 5) is 24.8. The van der Waals surface area contributed by atoms with Crippen LogP contribution < -0.4 is 5.32 Å². The summed E-state index contributed by atoms with van der Waals surface area (Å²) in [6.45, 7) is 5.97. The zero-order valence-electron chi connectivity index (χ0n) is 10.7. The monoisotopic (exact) mass is 242 g/mol. The average Bonchev–Trinajstić information content (AvgIpc) is 2.41. The number of amides is 2. The first kappa shape index (κ1) is 14.0. The Balaban J connectivity index is 2.33. The molecule has 0 spiro atoms. The third-order valence-corrected chi connectivity index (χ3v) is 2.89. The predicted octanol–water partition coefficient (Wildman–Crippen LogP) is 0.540. The van der Waals surface area contributed by atoms with Crippen LogP contribution in [0, 0.1) is 0 Å². The summed E-state index contributed by atoms with van der Waals surface area (Å²) in [5, 5.41) is 2.59. The molecule has 1 fully saturated rings. The van der Waals surface area contributed by atoms with Crippen molar-refractivity contribution in [2.75, 3.05) is 26.3 Å². The van der Waals surface area contributed by atoms with Gasteiger partial charge in [0.1, 0.15) is 0 Å². The molecule has 2 amide bonds. The van der Waals surface area contributed by atoms with E-state index in [1.54, 1.807) is 4.90 Å². The first-order valence-electron chi connectivity index (χ1n) is 6.29. The fourth-order valence-electron chi connectivity index (χ4n) is 1.83. The Morgan fingerprint density at radius 3 is 2.88 bits per heavy atom. The largest absolute Gasteiger partial charge is 0.380 e. The van der Waals surface area contributed by atoms with Gasteiger partial charge in [0, 0.05) is 25.6 Å². The maximum absolute atomic E-state index is 11.7. The summed E-state index contributed by atoms with van der Waals surface area (Å²) >= 11 is 0. The molecule has 1 aliphatic heterocycles. The van der Waals surface area contributed by atoms with E-state index < -0.39 is 0 Å². The number of nitrogens with one attached hydrogen (secondary N) is 1. The van der Waals surface area contributed by atoms with Crippen molar-refractivity contribution < 1.29 is 14.3 Å². The normalized spacial score (nSPS) is 21.3. The number of carbonyl (C=O) groups excluding carboxylic acids is 2. The van der Waals surface area contributed by atoms with Crippen molar-refractivity contribution in [3.05, 3.63) is 0 Å². The van der Waals surface area contributed by atoms with E-state index >= 15 is 0 Å². The number of carbonyl (C=O) groups is 2. The quantitative estimate of drug-likeness (QED) is 0.692. The fraction of sp³-hybridized carbons (Fsp3) is 0.833. The van der Waals surface area contributed by atoms with Crippen molar-refractivity contribution in [2.24, 2.45) is 0 Å². The Labute approximate surface area is 102 Å². The van der Waals surface area contributed by atoms with Crippen molar-refractivity contribution in [1.82, 2.24) is 10.2 Å². The van der Waals surface area contributed by atoms with Crippen molar-refractivity contribution in [2.45, 2.75) is 39.2 Å². The van der Waals surface area contributed by atoms with Gasteiger partial charge in [-0.2, -0.15) is 0 Å². The maximum Gasteiger partial charge on any atom is 0.242 e. The van der Waals surface area contributed by atoms with Crippen LogP contribution in [-0.4, -0.2) is 49.1 Å². The van der Waals surface area contributed by atoms with Crippen LogP contribution in [0.25, 0.3) is 0 Å². The van der Waals surface area contributed by atoms with E-state index in [2.05, 4.69) is 12.2 Å². The minimum absolute atomic E-state index is 0.0255. The molecule has 1 aliphatic rings. The highest BCUT2D eigenvalue weighted by atomic mass is 16.5. The zero-order valence-corrected chi connectivity index (χ0v) is 10.7. The van der Waals surface area contributed by atoms with Crippen molar-refractivity contribution in [3.63, 3.8) is 0 Å². The van der Waals surface area contributed by atoms with Gasteiger partial charge in [-0.05, 0) is 13.3 Å². The standard InChI is InChI=1S/C12H22N2O3/c1-3-4-6-17-7-5-14-10(2)8-11(15)13-9-12(14)16/h10H,3-9H2,1-2H3,(H,13,15). The second kappa shape index (κ2) is 7.27. The number of hydrogen-bond donors (Lipinski definition) is 1. The molecule has 1 unspecified atom stereocenters. The molecule has 0 aromatic heterocycles. The molecule has 0 aromatic carbocycles. The average molecular weight is 242 g/mol. The summed E-state index contributed by atoms with van der Waals surface area (Å²) in [6.07, 6.45) is 2.53. The molecule has 5 nitrogen and oxygen atoms in total. The molecule has 1 rings (SSSR count). The van der Waals surface area contributed by atoms with Crippen LogP contribution in [-0.2, 0) is 14.3 Å². The van der Waals surface area contributed by atoms with Gasteiger partial charge < -0.3 is 15.0 Å². The van der Waals surface area contributed by atoms with Gasteiger partial charge in [-0.1, -0.05) is 13.3 Å². The Morgan fingerprint density at radius 2 is 2.18 bits per heavy atom. The number of hydrogen-bond acceptors (Lipinski definition) is 3. The molecule has 1 N–H and O–H groups in total. The van der Waals surface area contributed by atoms with E-state index in [0.717, 1.165) is 19.4 Å². The van der Waals surface area contributed by atoms with Crippen LogP contribution in [0.5, 0.6) is 0 Å². The van der Waals surface area contributed by atoms with Crippen LogP contribution in [0.15, 0.2) is 0 Å². The van der Waals surface area contributed by atoms with Crippen molar-refractivity contribution in [3.8, 4) is 0 Å². The molecule has 0 aliphatic carbocycles. The molecule has 0 radical (unpaired) electrons. The highest BCUT2D eigenvalue weighted by Crippen LogP contribution is 2.07. The number of rotatable bonds is 6. The molecular formula is C12H22N2O3. The van der Waals surface area contributed by atoms with E-state index in [1.165, 1.54) is 0 Å². The van der Waals surface area contributed by atoms with Gasteiger partial charge in [-0.25, -0.2) is 0 Å². The molecule has 1 heterocycles. The summed E-state index contributed by atoms with van der Waals surface area (Å²) in [7, 11) is 0. The highest BCUT2D eigenvalue weighted by molar-refractivity contribution is 5.87. The van der Waals surface area contributed by atoms with E-state index in [-0.39, 0.29) is 24.4 Å². The van der Waals surface area contributed by atoms with E-state index in [9.17, 15) is 9.59 Å². The third-order valence-electron chi connectivity index (χ3n) is 2.89. The Bertz CT molecular complexity index is 268. The molecule has 17 heavy (non-hydrogen) atoms. The number of unbranched alkanes of at least 4 members (excludes halogenated alkanes) is 1. The minimum atomic E-state index is -0.0553. The maximum atomic E-state index is 11.7. The second-order valence-electron chi connectivity index (χ2n) is 4.38. The van der Waals surface area contributed by atoms with Crippen LogP contribution in [0.3, 0.4) is 0 Å². The van der Waals surface area contributed by atoms with Crippen LogP contribution in [0.4, 0.5) is 0 Å². The Morgan fingerprint density at radius 1 is 1.41 bits per heavy atom. The minimum Gasteiger partial charge on any atom is -0.380 e. The zero-order chi connectivity index (χ0) is 12.7. The van der Waals surface area contributed by atoms with Gasteiger partial charge in [0.25, 0.3) is 0 Å². The summed E-state index contributed by atoms with van der Waals surface area (Å²) < 4.78 is 5.44. The lowest BCUT2D eigenvalue weighted by molar-refractivity contribution is -0.132. The molecule has 0 aromatic rings. The molecule has 5 heteroatoms. The predicted molar refractivity (Wildman–Crippen MR) is 64.5 cm³/mol. The summed E-state index contributed by atoms with van der Waals surface area (Å²) in [5.74, 6) is -0.0808. The summed E-state index contributed by atoms with van der Waals surface area (Å²) in [5.41, 5.74) is 0. The van der Waals surface area contributed by atoms with Gasteiger partial charge in [0.05, 0.1) is 13.2 Å². The first-order valence-corrected chi connectivity index (χ1v) is 6.29. The first-order chi connectivity index (χ1) is 8.15. The van der Waals surface area contributed by atoms with E-state index in [1.807, 2.05) is 6.92 Å². The fourth-order valence-corrected chi connectivity index (χ4v) is 1.83. The molecule has 0 saturated carbocycles. The Kier molecular flexibility index (Phi) is 5.97. The van der Waals surface area contributed by atoms with Crippen LogP contribution in [0.2, 0.25) is 0 Å². The molecule has 1 atom stereocenters. The lowest BCUT2D eigenvalue weighted by Crippen LogP contribution is -2.41. The van der Waals surface area contributed by atoms with E-state index in [0.29, 0.717) is 19.6 Å².